The molecule has 0 aromatic heterocycles. The van der Waals surface area contributed by atoms with Crippen LogP contribution in [0.3, 0.4) is 0 Å². The van der Waals surface area contributed by atoms with Gasteiger partial charge in [0.1, 0.15) is 0 Å². The van der Waals surface area contributed by atoms with Gasteiger partial charge in [-0.3, -0.25) is 14.5 Å². The second kappa shape index (κ2) is 8.24. The van der Waals surface area contributed by atoms with Crippen molar-refractivity contribution in [2.45, 2.75) is 45.1 Å². The van der Waals surface area contributed by atoms with E-state index in [0.717, 1.165) is 32.7 Å². The summed E-state index contributed by atoms with van der Waals surface area (Å²) in [7, 11) is 1.72. The van der Waals surface area contributed by atoms with E-state index in [2.05, 4.69) is 34.5 Å². The number of hydrogen-bond acceptors (Lipinski definition) is 3. The highest BCUT2D eigenvalue weighted by Gasteiger charge is 2.57. The molecule has 5 nitrogen and oxygen atoms in total. The van der Waals surface area contributed by atoms with Gasteiger partial charge < -0.3 is 10.2 Å². The Kier molecular flexibility index (Phi) is 5.72. The molecule has 1 aromatic carbocycles. The summed E-state index contributed by atoms with van der Waals surface area (Å²) in [6, 6.07) is 10.4. The van der Waals surface area contributed by atoms with Crippen molar-refractivity contribution in [1.29, 1.82) is 0 Å². The van der Waals surface area contributed by atoms with E-state index in [9.17, 15) is 9.59 Å². The third-order valence-electron chi connectivity index (χ3n) is 7.08. The lowest BCUT2D eigenvalue weighted by molar-refractivity contribution is -0.150. The number of benzene rings is 1. The first kappa shape index (κ1) is 19.4. The van der Waals surface area contributed by atoms with E-state index >= 15 is 0 Å². The Morgan fingerprint density at radius 1 is 1.07 bits per heavy atom. The van der Waals surface area contributed by atoms with Crippen LogP contribution in [0.4, 0.5) is 0 Å². The number of likely N-dealkylation sites (tertiary alicyclic amines) is 2. The highest BCUT2D eigenvalue weighted by atomic mass is 16.2. The van der Waals surface area contributed by atoms with Crippen LogP contribution in [0.2, 0.25) is 0 Å². The molecule has 1 aliphatic carbocycles. The Balaban J connectivity index is 1.37. The zero-order chi connectivity index (χ0) is 19.6. The van der Waals surface area contributed by atoms with E-state index in [4.69, 9.17) is 0 Å². The molecular weight excluding hydrogens is 350 g/mol. The zero-order valence-electron chi connectivity index (χ0n) is 17.0. The minimum absolute atomic E-state index is 0.0278. The number of nitrogens with zero attached hydrogens (tertiary/aromatic N) is 2. The molecule has 28 heavy (non-hydrogen) atoms. The van der Waals surface area contributed by atoms with Crippen LogP contribution < -0.4 is 5.32 Å². The van der Waals surface area contributed by atoms with Crippen LogP contribution in [-0.2, 0) is 16.1 Å². The van der Waals surface area contributed by atoms with Crippen molar-refractivity contribution in [1.82, 2.24) is 15.1 Å². The highest BCUT2D eigenvalue weighted by molar-refractivity contribution is 5.82. The van der Waals surface area contributed by atoms with Gasteiger partial charge >= 0.3 is 0 Å². The molecule has 1 saturated carbocycles. The van der Waals surface area contributed by atoms with E-state index in [1.165, 1.54) is 37.7 Å². The Morgan fingerprint density at radius 3 is 2.46 bits per heavy atom. The van der Waals surface area contributed by atoms with Gasteiger partial charge in [0.2, 0.25) is 11.8 Å². The predicted octanol–water partition coefficient (Wildman–Crippen LogP) is 2.66. The van der Waals surface area contributed by atoms with Crippen LogP contribution in [0.15, 0.2) is 30.3 Å². The molecule has 5 heteroatoms. The van der Waals surface area contributed by atoms with E-state index in [1.807, 2.05) is 11.0 Å². The zero-order valence-corrected chi connectivity index (χ0v) is 17.0. The summed E-state index contributed by atoms with van der Waals surface area (Å²) in [4.78, 5) is 29.7. The molecule has 3 fully saturated rings. The van der Waals surface area contributed by atoms with Crippen LogP contribution in [0, 0.1) is 17.3 Å². The summed E-state index contributed by atoms with van der Waals surface area (Å²) in [6.07, 6.45) is 6.98. The number of rotatable bonds is 5. The summed E-state index contributed by atoms with van der Waals surface area (Å²) in [5.74, 6) is 0.968. The van der Waals surface area contributed by atoms with Gasteiger partial charge in [0.05, 0.1) is 5.92 Å². The SMILES string of the molecule is CNC(=O)C1CN(Cc2ccccc2)CC12CN(C(=O)CC1CCCCC1)C2. The molecule has 0 radical (unpaired) electrons. The van der Waals surface area contributed by atoms with Crippen LogP contribution >= 0.6 is 0 Å². The standard InChI is InChI=1S/C23H33N3O2/c1-24-22(28)20-14-25(13-19-10-6-3-7-11-19)15-23(20)16-26(17-23)21(27)12-18-8-4-2-5-9-18/h3,6-7,10-11,18,20H,2,4-5,8-9,12-17H2,1H3,(H,24,28). The fourth-order valence-corrected chi connectivity index (χ4v) is 5.55. The van der Waals surface area contributed by atoms with Crippen molar-refractivity contribution in [3.8, 4) is 0 Å². The van der Waals surface area contributed by atoms with E-state index in [-0.39, 0.29) is 17.2 Å². The second-order valence-corrected chi connectivity index (χ2v) is 9.14. The van der Waals surface area contributed by atoms with Gasteiger partial charge in [-0.05, 0) is 24.3 Å². The number of amides is 2. The van der Waals surface area contributed by atoms with E-state index in [1.54, 1.807) is 7.05 Å². The van der Waals surface area contributed by atoms with Crippen molar-refractivity contribution < 1.29 is 9.59 Å². The van der Waals surface area contributed by atoms with Gasteiger partial charge in [0.25, 0.3) is 0 Å². The first-order valence-electron chi connectivity index (χ1n) is 10.9. The molecule has 4 rings (SSSR count). The fraction of sp³-hybridized carbons (Fsp3) is 0.652. The van der Waals surface area contributed by atoms with Crippen molar-refractivity contribution in [3.63, 3.8) is 0 Å². The first-order valence-corrected chi connectivity index (χ1v) is 10.9. The molecule has 2 heterocycles. The van der Waals surface area contributed by atoms with Gasteiger partial charge in [0, 0.05) is 51.6 Å². The second-order valence-electron chi connectivity index (χ2n) is 9.14. The largest absolute Gasteiger partial charge is 0.359 e. The van der Waals surface area contributed by atoms with Gasteiger partial charge in [0.15, 0.2) is 0 Å². The van der Waals surface area contributed by atoms with Crippen molar-refractivity contribution in [3.05, 3.63) is 35.9 Å². The Bertz CT molecular complexity index is 693. The molecule has 1 unspecified atom stereocenters. The molecule has 0 bridgehead atoms. The normalized spacial score (nSPS) is 24.9. The van der Waals surface area contributed by atoms with Crippen molar-refractivity contribution >= 4 is 11.8 Å². The number of nitrogens with one attached hydrogen (secondary N) is 1. The summed E-state index contributed by atoms with van der Waals surface area (Å²) in [5, 5.41) is 2.86. The number of carbonyl (C=O) groups is 2. The molecule has 1 spiro atoms. The predicted molar refractivity (Wildman–Crippen MR) is 109 cm³/mol. The number of hydrogen-bond donors (Lipinski definition) is 1. The maximum atomic E-state index is 12.8. The van der Waals surface area contributed by atoms with Crippen LogP contribution in [-0.4, -0.2) is 54.8 Å². The van der Waals surface area contributed by atoms with Gasteiger partial charge in [-0.25, -0.2) is 0 Å². The fourth-order valence-electron chi connectivity index (χ4n) is 5.55. The molecule has 1 aromatic rings. The van der Waals surface area contributed by atoms with Gasteiger partial charge in [-0.1, -0.05) is 49.6 Å². The average molecular weight is 384 g/mol. The third-order valence-corrected chi connectivity index (χ3v) is 7.08. The first-order chi connectivity index (χ1) is 13.6. The lowest BCUT2D eigenvalue weighted by Gasteiger charge is -2.51. The van der Waals surface area contributed by atoms with Gasteiger partial charge in [-0.2, -0.15) is 0 Å². The Labute approximate surface area is 168 Å². The molecule has 152 valence electrons. The maximum Gasteiger partial charge on any atom is 0.224 e. The lowest BCUT2D eigenvalue weighted by Crippen LogP contribution is -2.64. The van der Waals surface area contributed by atoms with Crippen LogP contribution in [0.5, 0.6) is 0 Å². The molecule has 3 aliphatic rings. The maximum absolute atomic E-state index is 12.8. The highest BCUT2D eigenvalue weighted by Crippen LogP contribution is 2.45. The minimum atomic E-state index is -0.0723. The monoisotopic (exact) mass is 383 g/mol. The minimum Gasteiger partial charge on any atom is -0.359 e. The Hall–Kier alpha value is -1.88. The molecular formula is C23H33N3O2. The summed E-state index contributed by atoms with van der Waals surface area (Å²) < 4.78 is 0. The van der Waals surface area contributed by atoms with E-state index < -0.39 is 0 Å². The average Bonchev–Trinajstić information content (AvgIpc) is 3.07. The molecule has 2 saturated heterocycles. The Morgan fingerprint density at radius 2 is 1.79 bits per heavy atom. The van der Waals surface area contributed by atoms with Crippen molar-refractivity contribution in [2.24, 2.45) is 17.3 Å². The molecule has 1 N–H and O–H groups in total. The van der Waals surface area contributed by atoms with E-state index in [0.29, 0.717) is 18.2 Å². The topological polar surface area (TPSA) is 52.7 Å². The summed E-state index contributed by atoms with van der Waals surface area (Å²) in [6.45, 7) is 4.02. The number of carbonyl (C=O) groups excluding carboxylic acids is 2. The van der Waals surface area contributed by atoms with Crippen molar-refractivity contribution in [2.75, 3.05) is 33.2 Å². The smallest absolute Gasteiger partial charge is 0.224 e. The molecule has 1 atom stereocenters. The summed E-state index contributed by atoms with van der Waals surface area (Å²) >= 11 is 0. The van der Waals surface area contributed by atoms with Crippen LogP contribution in [0.25, 0.3) is 0 Å². The quantitative estimate of drug-likeness (QED) is 0.851. The van der Waals surface area contributed by atoms with Crippen LogP contribution in [0.1, 0.15) is 44.1 Å². The lowest BCUT2D eigenvalue weighted by atomic mass is 9.70. The van der Waals surface area contributed by atoms with Gasteiger partial charge in [-0.15, -0.1) is 0 Å². The summed E-state index contributed by atoms with van der Waals surface area (Å²) in [5.41, 5.74) is 1.21. The molecule has 2 aliphatic heterocycles. The molecule has 2 amide bonds. The third kappa shape index (κ3) is 3.95.